The minimum atomic E-state index is -0.549. The SMILES string of the molecule is COc1cc(C=CC(=O)CC(=O)C=Cc2ccc(OC(=O)N3CCNCC3)c(OC)c2)ccc1OC(=O)N(C)C. The lowest BCUT2D eigenvalue weighted by atomic mass is 10.1. The van der Waals surface area contributed by atoms with Gasteiger partial charge < -0.3 is 34.1 Å². The molecule has 40 heavy (non-hydrogen) atoms. The molecule has 3 rings (SSSR count). The van der Waals surface area contributed by atoms with Gasteiger partial charge in [0.1, 0.15) is 0 Å². The van der Waals surface area contributed by atoms with Crippen molar-refractivity contribution in [3.63, 3.8) is 0 Å². The maximum absolute atomic E-state index is 12.4. The third-order valence-electron chi connectivity index (χ3n) is 5.78. The fourth-order valence-corrected chi connectivity index (χ4v) is 3.60. The highest BCUT2D eigenvalue weighted by Gasteiger charge is 2.20. The van der Waals surface area contributed by atoms with Crippen LogP contribution in [0.15, 0.2) is 48.6 Å². The minimum Gasteiger partial charge on any atom is -0.493 e. The lowest BCUT2D eigenvalue weighted by Crippen LogP contribution is -2.47. The Labute approximate surface area is 232 Å². The number of hydrogen-bond donors (Lipinski definition) is 1. The van der Waals surface area contributed by atoms with Gasteiger partial charge in [0.2, 0.25) is 0 Å². The summed E-state index contributed by atoms with van der Waals surface area (Å²) < 4.78 is 21.3. The zero-order valence-corrected chi connectivity index (χ0v) is 23.0. The molecule has 1 N–H and O–H groups in total. The van der Waals surface area contributed by atoms with Crippen molar-refractivity contribution < 1.29 is 38.1 Å². The van der Waals surface area contributed by atoms with E-state index >= 15 is 0 Å². The smallest absolute Gasteiger partial charge is 0.415 e. The molecule has 0 aromatic heterocycles. The van der Waals surface area contributed by atoms with E-state index < -0.39 is 12.2 Å². The number of nitrogens with one attached hydrogen (secondary N) is 1. The molecule has 0 radical (unpaired) electrons. The molecule has 11 heteroatoms. The summed E-state index contributed by atoms with van der Waals surface area (Å²) in [7, 11) is 6.03. The number of ether oxygens (including phenoxy) is 4. The maximum atomic E-state index is 12.4. The van der Waals surface area contributed by atoms with Gasteiger partial charge in [-0.25, -0.2) is 9.59 Å². The molecular weight excluding hydrogens is 518 g/mol. The molecule has 0 bridgehead atoms. The van der Waals surface area contributed by atoms with Crippen molar-refractivity contribution in [3.8, 4) is 23.0 Å². The largest absolute Gasteiger partial charge is 0.493 e. The predicted molar refractivity (Wildman–Crippen MR) is 149 cm³/mol. The van der Waals surface area contributed by atoms with Gasteiger partial charge in [0.15, 0.2) is 34.6 Å². The first kappa shape index (κ1) is 29.9. The molecule has 1 aliphatic heterocycles. The average molecular weight is 552 g/mol. The van der Waals surface area contributed by atoms with E-state index in [0.29, 0.717) is 48.8 Å². The van der Waals surface area contributed by atoms with E-state index in [1.165, 1.54) is 31.3 Å². The van der Waals surface area contributed by atoms with Crippen LogP contribution >= 0.6 is 0 Å². The van der Waals surface area contributed by atoms with Crippen LogP contribution in [0, 0.1) is 0 Å². The van der Waals surface area contributed by atoms with E-state index in [4.69, 9.17) is 18.9 Å². The number of benzene rings is 2. The number of carbonyl (C=O) groups excluding carboxylic acids is 4. The summed E-state index contributed by atoms with van der Waals surface area (Å²) in [6.45, 7) is 2.54. The summed E-state index contributed by atoms with van der Waals surface area (Å²) in [5.74, 6) is 0.414. The van der Waals surface area contributed by atoms with Crippen molar-refractivity contribution in [2.24, 2.45) is 0 Å². The fourth-order valence-electron chi connectivity index (χ4n) is 3.60. The number of hydrogen-bond acceptors (Lipinski definition) is 9. The van der Waals surface area contributed by atoms with Crippen LogP contribution in [0.1, 0.15) is 17.5 Å². The number of ketones is 2. The van der Waals surface area contributed by atoms with Gasteiger partial charge in [-0.2, -0.15) is 0 Å². The Balaban J connectivity index is 1.56. The van der Waals surface area contributed by atoms with Gasteiger partial charge in [0.25, 0.3) is 0 Å². The number of rotatable bonds is 10. The van der Waals surface area contributed by atoms with Crippen molar-refractivity contribution in [2.75, 3.05) is 54.5 Å². The van der Waals surface area contributed by atoms with Crippen LogP contribution in [-0.2, 0) is 9.59 Å². The van der Waals surface area contributed by atoms with Gasteiger partial charge in [-0.05, 0) is 47.5 Å². The van der Waals surface area contributed by atoms with Crippen LogP contribution in [0.3, 0.4) is 0 Å². The molecule has 0 saturated carbocycles. The lowest BCUT2D eigenvalue weighted by Gasteiger charge is -2.26. The molecule has 1 aliphatic rings. The van der Waals surface area contributed by atoms with Gasteiger partial charge >= 0.3 is 12.2 Å². The fraction of sp³-hybridized carbons (Fsp3) is 0.310. The van der Waals surface area contributed by atoms with E-state index in [1.807, 2.05) is 0 Å². The van der Waals surface area contributed by atoms with Crippen LogP contribution in [-0.4, -0.2) is 88.0 Å². The van der Waals surface area contributed by atoms with E-state index in [0.717, 1.165) is 0 Å². The second-order valence-electron chi connectivity index (χ2n) is 8.96. The second-order valence-corrected chi connectivity index (χ2v) is 8.96. The molecule has 1 saturated heterocycles. The molecule has 2 aromatic rings. The standard InChI is InChI=1S/C29H33N3O8/c1-31(2)28(35)39-24-11-7-20(17-26(24)37-3)5-9-22(33)19-23(34)10-6-21-8-12-25(27(18-21)38-4)40-29(36)32-15-13-30-14-16-32/h5-12,17-18,30H,13-16,19H2,1-4H3. The molecule has 1 heterocycles. The number of piperazine rings is 1. The predicted octanol–water partition coefficient (Wildman–Crippen LogP) is 3.42. The summed E-state index contributed by atoms with van der Waals surface area (Å²) in [4.78, 5) is 51.8. The summed E-state index contributed by atoms with van der Waals surface area (Å²) >= 11 is 0. The normalized spacial score (nSPS) is 13.2. The zero-order chi connectivity index (χ0) is 29.1. The third kappa shape index (κ3) is 8.70. The Bertz CT molecular complexity index is 1300. The number of methoxy groups -OCH3 is 2. The maximum Gasteiger partial charge on any atom is 0.415 e. The van der Waals surface area contributed by atoms with Gasteiger partial charge in [-0.3, -0.25) is 9.59 Å². The molecule has 2 aromatic carbocycles. The minimum absolute atomic E-state index is 0.243. The first-order valence-corrected chi connectivity index (χ1v) is 12.5. The molecular formula is C29H33N3O8. The van der Waals surface area contributed by atoms with E-state index in [-0.39, 0.29) is 29.5 Å². The monoisotopic (exact) mass is 551 g/mol. The molecule has 0 spiro atoms. The molecule has 0 atom stereocenters. The third-order valence-corrected chi connectivity index (χ3v) is 5.78. The molecule has 11 nitrogen and oxygen atoms in total. The number of carbonyl (C=O) groups is 4. The van der Waals surface area contributed by atoms with Gasteiger partial charge in [0.05, 0.1) is 20.6 Å². The molecule has 0 aliphatic carbocycles. The Morgan fingerprint density at radius 3 is 1.77 bits per heavy atom. The van der Waals surface area contributed by atoms with Crippen molar-refractivity contribution in [1.82, 2.24) is 15.1 Å². The Kier molecular flexibility index (Phi) is 10.8. The molecule has 212 valence electrons. The van der Waals surface area contributed by atoms with Gasteiger partial charge in [-0.1, -0.05) is 24.3 Å². The highest BCUT2D eigenvalue weighted by molar-refractivity contribution is 6.10. The quantitative estimate of drug-likeness (QED) is 0.349. The molecule has 0 unspecified atom stereocenters. The highest BCUT2D eigenvalue weighted by Crippen LogP contribution is 2.30. The van der Waals surface area contributed by atoms with Crippen LogP contribution in [0.25, 0.3) is 12.2 Å². The number of allylic oxidation sites excluding steroid dienone is 2. The first-order chi connectivity index (χ1) is 19.2. The average Bonchev–Trinajstić information content (AvgIpc) is 2.96. The molecule has 2 amide bonds. The Morgan fingerprint density at radius 1 is 0.800 bits per heavy atom. The highest BCUT2D eigenvalue weighted by atomic mass is 16.6. The number of nitrogens with zero attached hydrogens (tertiary/aromatic N) is 2. The van der Waals surface area contributed by atoms with E-state index in [2.05, 4.69) is 5.32 Å². The van der Waals surface area contributed by atoms with Crippen molar-refractivity contribution in [3.05, 3.63) is 59.7 Å². The Hall–Kier alpha value is -4.64. The van der Waals surface area contributed by atoms with Gasteiger partial charge in [0, 0.05) is 40.3 Å². The summed E-state index contributed by atoms with van der Waals surface area (Å²) in [5.41, 5.74) is 1.26. The van der Waals surface area contributed by atoms with Crippen LogP contribution < -0.4 is 24.3 Å². The van der Waals surface area contributed by atoms with Crippen LogP contribution in [0.5, 0.6) is 23.0 Å². The lowest BCUT2D eigenvalue weighted by molar-refractivity contribution is -0.121. The molecule has 1 fully saturated rings. The van der Waals surface area contributed by atoms with Crippen molar-refractivity contribution in [2.45, 2.75) is 6.42 Å². The van der Waals surface area contributed by atoms with E-state index in [9.17, 15) is 19.2 Å². The Morgan fingerprint density at radius 2 is 1.30 bits per heavy atom. The zero-order valence-electron chi connectivity index (χ0n) is 23.0. The van der Waals surface area contributed by atoms with Gasteiger partial charge in [-0.15, -0.1) is 0 Å². The van der Waals surface area contributed by atoms with Crippen LogP contribution in [0.4, 0.5) is 9.59 Å². The topological polar surface area (TPSA) is 124 Å². The summed E-state index contributed by atoms with van der Waals surface area (Å²) in [5, 5.41) is 3.17. The second kappa shape index (κ2) is 14.5. The summed E-state index contributed by atoms with van der Waals surface area (Å²) in [6, 6.07) is 9.74. The van der Waals surface area contributed by atoms with E-state index in [1.54, 1.807) is 67.5 Å². The van der Waals surface area contributed by atoms with Crippen molar-refractivity contribution >= 4 is 35.9 Å². The van der Waals surface area contributed by atoms with Crippen LogP contribution in [0.2, 0.25) is 0 Å². The number of amides is 2. The van der Waals surface area contributed by atoms with Crippen molar-refractivity contribution in [1.29, 1.82) is 0 Å². The first-order valence-electron chi connectivity index (χ1n) is 12.5. The summed E-state index contributed by atoms with van der Waals surface area (Å²) in [6.07, 6.45) is 4.40.